The van der Waals surface area contributed by atoms with Crippen molar-refractivity contribution in [3.8, 4) is 22.3 Å². The van der Waals surface area contributed by atoms with Gasteiger partial charge < -0.3 is 0 Å². The van der Waals surface area contributed by atoms with Crippen molar-refractivity contribution >= 4 is 108 Å². The highest BCUT2D eigenvalue weighted by atomic mass is 14.3. The first kappa shape index (κ1) is 28.6. The van der Waals surface area contributed by atoms with Crippen LogP contribution in [0.25, 0.3) is 130 Å². The molecule has 0 heteroatoms. The van der Waals surface area contributed by atoms with Gasteiger partial charge in [0.2, 0.25) is 0 Å². The van der Waals surface area contributed by atoms with Gasteiger partial charge in [-0.15, -0.1) is 0 Å². The molecule has 0 spiro atoms. The maximum absolute atomic E-state index is 2.42. The number of hydrogen-bond acceptors (Lipinski definition) is 0. The van der Waals surface area contributed by atoms with Gasteiger partial charge in [-0.1, -0.05) is 182 Å². The van der Waals surface area contributed by atoms with Crippen molar-refractivity contribution < 1.29 is 0 Å². The van der Waals surface area contributed by atoms with Crippen LogP contribution in [0.15, 0.2) is 182 Å². The molecule has 13 rings (SSSR count). The van der Waals surface area contributed by atoms with Crippen LogP contribution < -0.4 is 0 Å². The van der Waals surface area contributed by atoms with Crippen molar-refractivity contribution in [2.24, 2.45) is 0 Å². The Morgan fingerprint density at radius 1 is 0.167 bits per heavy atom. The molecule has 0 aliphatic heterocycles. The minimum absolute atomic E-state index is 1.27. The monoisotopic (exact) mass is 678 g/mol. The molecule has 13 aromatic rings. The van der Waals surface area contributed by atoms with Gasteiger partial charge in [-0.25, -0.2) is 0 Å². The fourth-order valence-corrected chi connectivity index (χ4v) is 10.2. The number of hydrogen-bond donors (Lipinski definition) is 0. The molecule has 0 nitrogen and oxygen atoms in total. The van der Waals surface area contributed by atoms with E-state index >= 15 is 0 Å². The van der Waals surface area contributed by atoms with Gasteiger partial charge in [0.05, 0.1) is 0 Å². The predicted molar refractivity (Wildman–Crippen MR) is 235 cm³/mol. The molecule has 0 aliphatic carbocycles. The summed E-state index contributed by atoms with van der Waals surface area (Å²) in [5.41, 5.74) is 5.17. The van der Waals surface area contributed by atoms with E-state index in [1.807, 2.05) is 0 Å². The zero-order valence-corrected chi connectivity index (χ0v) is 29.3. The molecule has 0 bridgehead atoms. The van der Waals surface area contributed by atoms with Crippen LogP contribution in [0.2, 0.25) is 0 Å². The molecule has 0 heterocycles. The van der Waals surface area contributed by atoms with Crippen LogP contribution in [-0.4, -0.2) is 0 Å². The lowest BCUT2D eigenvalue weighted by Gasteiger charge is -2.22. The van der Waals surface area contributed by atoms with E-state index < -0.39 is 0 Å². The topological polar surface area (TPSA) is 0 Å². The Morgan fingerprint density at radius 2 is 0.556 bits per heavy atom. The molecule has 0 fully saturated rings. The van der Waals surface area contributed by atoms with Crippen molar-refractivity contribution in [1.82, 2.24) is 0 Å². The summed E-state index contributed by atoms with van der Waals surface area (Å²) >= 11 is 0. The second-order valence-electron chi connectivity index (χ2n) is 15.1. The molecule has 54 heavy (non-hydrogen) atoms. The summed E-state index contributed by atoms with van der Waals surface area (Å²) in [6.45, 7) is 0. The molecule has 0 radical (unpaired) electrons. The van der Waals surface area contributed by atoms with Gasteiger partial charge in [-0.2, -0.15) is 0 Å². The minimum atomic E-state index is 1.27. The molecule has 0 amide bonds. The summed E-state index contributed by atoms with van der Waals surface area (Å²) in [6, 6.07) is 68.8. The van der Waals surface area contributed by atoms with Crippen molar-refractivity contribution in [3.63, 3.8) is 0 Å². The zero-order valence-electron chi connectivity index (χ0n) is 29.3. The lowest BCUT2D eigenvalue weighted by atomic mass is 9.80. The summed E-state index contributed by atoms with van der Waals surface area (Å²) in [6.07, 6.45) is 0. The Kier molecular flexibility index (Phi) is 5.45. The Balaban J connectivity index is 1.26. The molecule has 0 atom stereocenters. The average molecular weight is 679 g/mol. The van der Waals surface area contributed by atoms with E-state index in [1.165, 1.54) is 130 Å². The second kappa shape index (κ2) is 10.3. The first-order chi connectivity index (χ1) is 26.8. The summed E-state index contributed by atoms with van der Waals surface area (Å²) in [7, 11) is 0. The highest BCUT2D eigenvalue weighted by Crippen LogP contribution is 2.51. The Morgan fingerprint density at radius 3 is 1.17 bits per heavy atom. The second-order valence-corrected chi connectivity index (χ2v) is 15.1. The smallest absolute Gasteiger partial charge is 0.00137 e. The first-order valence-electron chi connectivity index (χ1n) is 18.9. The van der Waals surface area contributed by atoms with Crippen molar-refractivity contribution in [3.05, 3.63) is 182 Å². The first-order valence-corrected chi connectivity index (χ1v) is 18.9. The number of fused-ring (bicyclic) bond motifs is 6. The molecule has 0 N–H and O–H groups in total. The Bertz CT molecular complexity index is 3680. The van der Waals surface area contributed by atoms with Gasteiger partial charge in [-0.05, 0) is 130 Å². The maximum Gasteiger partial charge on any atom is -0.00137 e. The van der Waals surface area contributed by atoms with E-state index in [1.54, 1.807) is 0 Å². The van der Waals surface area contributed by atoms with Gasteiger partial charge in [-0.3, -0.25) is 0 Å². The fourth-order valence-electron chi connectivity index (χ4n) is 10.2. The van der Waals surface area contributed by atoms with Crippen LogP contribution in [0.1, 0.15) is 0 Å². The molecular formula is C54H30. The third-order valence-corrected chi connectivity index (χ3v) is 12.5. The molecule has 0 aliphatic rings. The highest BCUT2D eigenvalue weighted by molar-refractivity contribution is 6.35. The number of rotatable bonds is 2. The number of benzene rings is 13. The molecule has 0 unspecified atom stereocenters. The third-order valence-electron chi connectivity index (χ3n) is 12.5. The lowest BCUT2D eigenvalue weighted by molar-refractivity contribution is 1.71. The van der Waals surface area contributed by atoms with Gasteiger partial charge in [0.1, 0.15) is 0 Å². The van der Waals surface area contributed by atoms with Crippen LogP contribution in [0, 0.1) is 0 Å². The van der Waals surface area contributed by atoms with Gasteiger partial charge in [0.15, 0.2) is 0 Å². The van der Waals surface area contributed by atoms with E-state index in [0.717, 1.165) is 0 Å². The van der Waals surface area contributed by atoms with E-state index in [-0.39, 0.29) is 0 Å². The molecule has 13 aromatic carbocycles. The van der Waals surface area contributed by atoms with Crippen LogP contribution >= 0.6 is 0 Å². The van der Waals surface area contributed by atoms with Gasteiger partial charge >= 0.3 is 0 Å². The SMILES string of the molecule is c1ccc2c(c1)ccc1c2ccc2c(-c3ccc4ccc5cccc6ccc3c4c56)c3ccccc3c(-c3ccc4ccc5cccc6ccc3c4c56)c21. The van der Waals surface area contributed by atoms with Crippen LogP contribution in [0.3, 0.4) is 0 Å². The minimum Gasteiger partial charge on any atom is -0.0616 e. The zero-order chi connectivity index (χ0) is 35.1. The van der Waals surface area contributed by atoms with E-state index in [4.69, 9.17) is 0 Å². The van der Waals surface area contributed by atoms with Crippen molar-refractivity contribution in [1.29, 1.82) is 0 Å². The maximum atomic E-state index is 2.42. The standard InChI is InChI=1S/C54H30/c1-2-12-38-31(7-1)19-24-42-39(38)29-30-47-52(45-27-22-36-17-15-32-8-5-10-34-20-25-43(45)50(36)48(32)34)40-13-3-4-14-41(40)53(54(42)47)46-28-23-37-18-16-33-9-6-11-35-21-26-44(46)51(37)49(33)35/h1-30H. The van der Waals surface area contributed by atoms with Crippen LogP contribution in [0.4, 0.5) is 0 Å². The highest BCUT2D eigenvalue weighted by Gasteiger charge is 2.23. The molecule has 0 aromatic heterocycles. The van der Waals surface area contributed by atoms with E-state index in [2.05, 4.69) is 182 Å². The Hall–Kier alpha value is -7.02. The van der Waals surface area contributed by atoms with E-state index in [0.29, 0.717) is 0 Å². The fraction of sp³-hybridized carbons (Fsp3) is 0. The predicted octanol–water partition coefficient (Wildman–Crippen LogP) is 15.4. The van der Waals surface area contributed by atoms with Crippen molar-refractivity contribution in [2.45, 2.75) is 0 Å². The molecular weight excluding hydrogens is 649 g/mol. The summed E-state index contributed by atoms with van der Waals surface area (Å²) in [4.78, 5) is 0. The molecule has 0 saturated carbocycles. The summed E-state index contributed by atoms with van der Waals surface area (Å²) < 4.78 is 0. The van der Waals surface area contributed by atoms with Crippen molar-refractivity contribution in [2.75, 3.05) is 0 Å². The lowest BCUT2D eigenvalue weighted by Crippen LogP contribution is -1.95. The summed E-state index contributed by atoms with van der Waals surface area (Å²) in [5.74, 6) is 0. The van der Waals surface area contributed by atoms with Crippen LogP contribution in [0.5, 0.6) is 0 Å². The quantitative estimate of drug-likeness (QED) is 0.126. The van der Waals surface area contributed by atoms with Gasteiger partial charge in [0, 0.05) is 0 Å². The van der Waals surface area contributed by atoms with E-state index in [9.17, 15) is 0 Å². The normalized spacial score (nSPS) is 12.4. The average Bonchev–Trinajstić information content (AvgIpc) is 3.24. The molecule has 246 valence electrons. The molecule has 0 saturated heterocycles. The summed E-state index contributed by atoms with van der Waals surface area (Å²) in [5, 5.41) is 26.0. The van der Waals surface area contributed by atoms with Crippen LogP contribution in [-0.2, 0) is 0 Å². The largest absolute Gasteiger partial charge is 0.0616 e. The third kappa shape index (κ3) is 3.62. The Labute approximate surface area is 310 Å². The van der Waals surface area contributed by atoms with Gasteiger partial charge in [0.25, 0.3) is 0 Å².